The molecule has 0 spiro atoms. The van der Waals surface area contributed by atoms with E-state index in [1.54, 1.807) is 47.3 Å². The second-order valence-electron chi connectivity index (χ2n) is 5.24. The van der Waals surface area contributed by atoms with Gasteiger partial charge in [0.2, 0.25) is 0 Å². The van der Waals surface area contributed by atoms with Gasteiger partial charge in [-0.05, 0) is 35.4 Å². The van der Waals surface area contributed by atoms with E-state index in [2.05, 4.69) is 5.10 Å². The Morgan fingerprint density at radius 1 is 0.957 bits per heavy atom. The van der Waals surface area contributed by atoms with Crippen molar-refractivity contribution in [1.82, 2.24) is 9.78 Å². The maximum Gasteiger partial charge on any atom is 0.158 e. The van der Waals surface area contributed by atoms with Gasteiger partial charge in [-0.1, -0.05) is 41.9 Å². The fourth-order valence-electron chi connectivity index (χ4n) is 2.32. The van der Waals surface area contributed by atoms with E-state index in [1.807, 2.05) is 24.4 Å². The lowest BCUT2D eigenvalue weighted by molar-refractivity contribution is 0.594. The molecule has 0 unspecified atom stereocenters. The van der Waals surface area contributed by atoms with Crippen LogP contribution in [0.5, 0.6) is 0 Å². The molecule has 0 fully saturated rings. The zero-order valence-electron chi connectivity index (χ0n) is 12.3. The fraction of sp³-hybridized carbons (Fsp3) is 0.118. The topological polar surface area (TPSA) is 52.0 Å². The Hall–Kier alpha value is -2.11. The van der Waals surface area contributed by atoms with Crippen LogP contribution >= 0.6 is 11.6 Å². The van der Waals surface area contributed by atoms with Gasteiger partial charge in [-0.25, -0.2) is 13.1 Å². The second-order valence-corrected chi connectivity index (χ2v) is 7.71. The van der Waals surface area contributed by atoms with Gasteiger partial charge in [0.05, 0.1) is 17.2 Å². The Morgan fingerprint density at radius 2 is 1.70 bits per heavy atom. The summed E-state index contributed by atoms with van der Waals surface area (Å²) < 4.78 is 26.4. The Bertz CT molecular complexity index is 889. The third-order valence-corrected chi connectivity index (χ3v) is 5.32. The average Bonchev–Trinajstić information content (AvgIpc) is 3.04. The van der Waals surface area contributed by atoms with Gasteiger partial charge < -0.3 is 0 Å². The summed E-state index contributed by atoms with van der Waals surface area (Å²) in [7, 11) is -3.28. The maximum absolute atomic E-state index is 12.4. The lowest BCUT2D eigenvalue weighted by atomic mass is 10.2. The predicted octanol–water partition coefficient (Wildman–Crippen LogP) is 3.64. The highest BCUT2D eigenvalue weighted by Crippen LogP contribution is 2.20. The van der Waals surface area contributed by atoms with Crippen LogP contribution in [0.15, 0.2) is 67.0 Å². The summed E-state index contributed by atoms with van der Waals surface area (Å²) in [6.07, 6.45) is 3.53. The van der Waals surface area contributed by atoms with Crippen LogP contribution in [-0.2, 0) is 21.3 Å². The van der Waals surface area contributed by atoms with Crippen LogP contribution in [0.3, 0.4) is 0 Å². The molecule has 4 nitrogen and oxygen atoms in total. The molecular formula is C17H15ClN2O2S. The molecule has 0 amide bonds. The number of hydrogen-bond donors (Lipinski definition) is 0. The number of aromatic nitrogens is 2. The highest BCUT2D eigenvalue weighted by Gasteiger charge is 2.15. The van der Waals surface area contributed by atoms with E-state index < -0.39 is 9.84 Å². The van der Waals surface area contributed by atoms with Crippen LogP contribution in [0, 0.1) is 0 Å². The molecule has 6 heteroatoms. The molecule has 0 aliphatic rings. The van der Waals surface area contributed by atoms with Crippen LogP contribution in [0.2, 0.25) is 5.02 Å². The first-order chi connectivity index (χ1) is 11.0. The van der Waals surface area contributed by atoms with Crippen molar-refractivity contribution in [3.8, 4) is 5.69 Å². The van der Waals surface area contributed by atoms with Gasteiger partial charge in [-0.3, -0.25) is 0 Å². The van der Waals surface area contributed by atoms with Gasteiger partial charge in [0, 0.05) is 17.4 Å². The smallest absolute Gasteiger partial charge is 0.158 e. The first-order valence-electron chi connectivity index (χ1n) is 7.06. The molecule has 118 valence electrons. The number of benzene rings is 2. The third kappa shape index (κ3) is 4.00. The highest BCUT2D eigenvalue weighted by atomic mass is 35.5. The maximum atomic E-state index is 12.4. The predicted molar refractivity (Wildman–Crippen MR) is 91.3 cm³/mol. The Labute approximate surface area is 140 Å². The van der Waals surface area contributed by atoms with E-state index in [9.17, 15) is 8.42 Å². The van der Waals surface area contributed by atoms with Gasteiger partial charge in [0.1, 0.15) is 0 Å². The van der Waals surface area contributed by atoms with Crippen molar-refractivity contribution in [1.29, 1.82) is 0 Å². The normalized spacial score (nSPS) is 11.5. The molecule has 3 rings (SSSR count). The van der Waals surface area contributed by atoms with Crippen molar-refractivity contribution in [2.24, 2.45) is 0 Å². The first-order valence-corrected chi connectivity index (χ1v) is 9.26. The van der Waals surface area contributed by atoms with E-state index >= 15 is 0 Å². The molecule has 23 heavy (non-hydrogen) atoms. The van der Waals surface area contributed by atoms with E-state index in [1.165, 1.54) is 0 Å². The molecule has 0 saturated carbocycles. The summed E-state index contributed by atoms with van der Waals surface area (Å²) in [5.74, 6) is -0.0782. The molecule has 0 aliphatic carbocycles. The van der Waals surface area contributed by atoms with Crippen molar-refractivity contribution in [3.63, 3.8) is 0 Å². The van der Waals surface area contributed by atoms with Crippen LogP contribution in [0.4, 0.5) is 0 Å². The summed E-state index contributed by atoms with van der Waals surface area (Å²) in [6, 6.07) is 16.2. The molecule has 0 saturated heterocycles. The second kappa shape index (κ2) is 6.56. The summed E-state index contributed by atoms with van der Waals surface area (Å²) >= 11 is 6.04. The van der Waals surface area contributed by atoms with E-state index in [4.69, 9.17) is 11.6 Å². The van der Waals surface area contributed by atoms with Gasteiger partial charge >= 0.3 is 0 Å². The van der Waals surface area contributed by atoms with E-state index in [0.29, 0.717) is 10.6 Å². The standard InChI is InChI=1S/C17H15ClN2O2S/c18-17-5-2-1-4-15(17)13-23(21,22)12-14-6-8-16(9-7-14)20-11-3-10-19-20/h1-11H,12-13H2. The summed E-state index contributed by atoms with van der Waals surface area (Å²) in [6.45, 7) is 0. The molecule has 0 aliphatic heterocycles. The molecule has 2 aromatic carbocycles. The van der Waals surface area contributed by atoms with Crippen LogP contribution in [0.1, 0.15) is 11.1 Å². The molecule has 0 N–H and O–H groups in total. The lowest BCUT2D eigenvalue weighted by Gasteiger charge is -2.07. The van der Waals surface area contributed by atoms with Crippen molar-refractivity contribution < 1.29 is 8.42 Å². The number of hydrogen-bond acceptors (Lipinski definition) is 3. The largest absolute Gasteiger partial charge is 0.241 e. The molecule has 1 heterocycles. The monoisotopic (exact) mass is 346 g/mol. The van der Waals surface area contributed by atoms with Crippen molar-refractivity contribution in [2.75, 3.05) is 0 Å². The number of sulfone groups is 1. The quantitative estimate of drug-likeness (QED) is 0.708. The number of halogens is 1. The van der Waals surface area contributed by atoms with Gasteiger partial charge in [0.15, 0.2) is 9.84 Å². The minimum atomic E-state index is -3.28. The molecule has 1 aromatic heterocycles. The average molecular weight is 347 g/mol. The van der Waals surface area contributed by atoms with Crippen LogP contribution in [-0.4, -0.2) is 18.2 Å². The lowest BCUT2D eigenvalue weighted by Crippen LogP contribution is -2.08. The first kappa shape index (κ1) is 15.8. The third-order valence-electron chi connectivity index (χ3n) is 3.43. The summed E-state index contributed by atoms with van der Waals surface area (Å²) in [5.41, 5.74) is 2.26. The zero-order chi connectivity index (χ0) is 16.3. The molecule has 0 bridgehead atoms. The molecular weight excluding hydrogens is 332 g/mol. The van der Waals surface area contributed by atoms with Crippen molar-refractivity contribution in [2.45, 2.75) is 11.5 Å². The Kier molecular flexibility index (Phi) is 4.50. The minimum Gasteiger partial charge on any atom is -0.241 e. The van der Waals surface area contributed by atoms with Crippen molar-refractivity contribution in [3.05, 3.63) is 83.1 Å². The zero-order valence-corrected chi connectivity index (χ0v) is 13.8. The highest BCUT2D eigenvalue weighted by molar-refractivity contribution is 7.89. The Balaban J connectivity index is 1.74. The Morgan fingerprint density at radius 3 is 2.35 bits per heavy atom. The molecule has 0 radical (unpaired) electrons. The van der Waals surface area contributed by atoms with Gasteiger partial charge in [-0.15, -0.1) is 0 Å². The van der Waals surface area contributed by atoms with Crippen LogP contribution < -0.4 is 0 Å². The van der Waals surface area contributed by atoms with Gasteiger partial charge in [0.25, 0.3) is 0 Å². The van der Waals surface area contributed by atoms with E-state index in [0.717, 1.165) is 11.3 Å². The summed E-state index contributed by atoms with van der Waals surface area (Å²) in [4.78, 5) is 0. The SMILES string of the molecule is O=S(=O)(Cc1ccc(-n2cccn2)cc1)Cc1ccccc1Cl. The van der Waals surface area contributed by atoms with E-state index in [-0.39, 0.29) is 11.5 Å². The summed E-state index contributed by atoms with van der Waals surface area (Å²) in [5, 5.41) is 4.62. The molecule has 0 atom stereocenters. The minimum absolute atomic E-state index is 0.0163. The van der Waals surface area contributed by atoms with Crippen molar-refractivity contribution >= 4 is 21.4 Å². The number of rotatable bonds is 5. The fourth-order valence-corrected chi connectivity index (χ4v) is 4.13. The van der Waals surface area contributed by atoms with Gasteiger partial charge in [-0.2, -0.15) is 5.10 Å². The van der Waals surface area contributed by atoms with Crippen LogP contribution in [0.25, 0.3) is 5.69 Å². The molecule has 3 aromatic rings. The number of nitrogens with zero attached hydrogens (tertiary/aromatic N) is 2.